The smallest absolute Gasteiger partial charge is 0.404 e. The van der Waals surface area contributed by atoms with E-state index in [1.165, 1.54) is 28.7 Å². The third-order valence-electron chi connectivity index (χ3n) is 3.86. The monoisotopic (exact) mass is 247 g/mol. The first-order chi connectivity index (χ1) is 8.65. The first-order valence-electron chi connectivity index (χ1n) is 6.43. The minimum absolute atomic E-state index is 0.0531. The molecule has 1 heterocycles. The zero-order valence-electron chi connectivity index (χ0n) is 10.5. The summed E-state index contributed by atoms with van der Waals surface area (Å²) in [5.74, 6) is 1.03. The van der Waals surface area contributed by atoms with Gasteiger partial charge in [0.1, 0.15) is 11.9 Å². The summed E-state index contributed by atoms with van der Waals surface area (Å²) >= 11 is 0. The van der Waals surface area contributed by atoms with Crippen molar-refractivity contribution < 1.29 is 14.6 Å². The highest BCUT2D eigenvalue weighted by Crippen LogP contribution is 2.40. The van der Waals surface area contributed by atoms with Crippen LogP contribution in [0.3, 0.4) is 0 Å². The highest BCUT2D eigenvalue weighted by molar-refractivity contribution is 5.64. The lowest BCUT2D eigenvalue weighted by Crippen LogP contribution is -2.33. The maximum absolute atomic E-state index is 10.5. The first-order valence-corrected chi connectivity index (χ1v) is 6.43. The molecule has 0 fully saturated rings. The van der Waals surface area contributed by atoms with Gasteiger partial charge in [-0.2, -0.15) is 0 Å². The number of carbonyl (C=O) groups is 1. The van der Waals surface area contributed by atoms with E-state index in [2.05, 4.69) is 18.3 Å². The van der Waals surface area contributed by atoms with Crippen LogP contribution >= 0.6 is 0 Å². The van der Waals surface area contributed by atoms with E-state index in [0.29, 0.717) is 6.54 Å². The van der Waals surface area contributed by atoms with Crippen LogP contribution in [0.2, 0.25) is 0 Å². The Hall–Kier alpha value is -1.71. The van der Waals surface area contributed by atoms with Crippen molar-refractivity contribution in [1.29, 1.82) is 0 Å². The normalized spacial score (nSPS) is 20.2. The third-order valence-corrected chi connectivity index (χ3v) is 3.86. The molecule has 1 aromatic rings. The van der Waals surface area contributed by atoms with E-state index in [1.807, 2.05) is 0 Å². The van der Waals surface area contributed by atoms with Crippen molar-refractivity contribution in [2.75, 3.05) is 6.54 Å². The van der Waals surface area contributed by atoms with Crippen molar-refractivity contribution in [3.8, 4) is 5.75 Å². The van der Waals surface area contributed by atoms with Crippen LogP contribution < -0.4 is 10.1 Å². The van der Waals surface area contributed by atoms with Gasteiger partial charge in [-0.05, 0) is 48.4 Å². The molecule has 0 bridgehead atoms. The Morgan fingerprint density at radius 2 is 2.28 bits per heavy atom. The molecule has 1 atom stereocenters. The van der Waals surface area contributed by atoms with Crippen LogP contribution in [0.4, 0.5) is 4.79 Å². The number of hydrogen-bond donors (Lipinski definition) is 2. The van der Waals surface area contributed by atoms with Crippen molar-refractivity contribution in [3.63, 3.8) is 0 Å². The standard InChI is InChI=1S/C14H17NO3/c1-8-5-9-6-10(7-15-14(16)17)18-13(9)12-4-2-3-11(8)12/h5,10,15H,2-4,6-7H2,1H3,(H,16,17). The van der Waals surface area contributed by atoms with E-state index >= 15 is 0 Å². The van der Waals surface area contributed by atoms with Gasteiger partial charge < -0.3 is 15.2 Å². The fraction of sp³-hybridized carbons (Fsp3) is 0.500. The molecule has 4 heteroatoms. The van der Waals surface area contributed by atoms with Gasteiger partial charge in [-0.25, -0.2) is 4.79 Å². The van der Waals surface area contributed by atoms with Gasteiger partial charge in [-0.3, -0.25) is 0 Å². The highest BCUT2D eigenvalue weighted by Gasteiger charge is 2.29. The summed E-state index contributed by atoms with van der Waals surface area (Å²) in [4.78, 5) is 10.5. The predicted molar refractivity (Wildman–Crippen MR) is 67.4 cm³/mol. The number of nitrogens with one attached hydrogen (secondary N) is 1. The molecule has 18 heavy (non-hydrogen) atoms. The Morgan fingerprint density at radius 3 is 3.06 bits per heavy atom. The maximum Gasteiger partial charge on any atom is 0.404 e. The number of amides is 1. The fourth-order valence-electron chi connectivity index (χ4n) is 3.10. The maximum atomic E-state index is 10.5. The van der Waals surface area contributed by atoms with E-state index in [1.54, 1.807) is 0 Å². The summed E-state index contributed by atoms with van der Waals surface area (Å²) in [6.07, 6.45) is 3.21. The van der Waals surface area contributed by atoms with Crippen LogP contribution in [-0.2, 0) is 19.3 Å². The number of rotatable bonds is 2. The van der Waals surface area contributed by atoms with Crippen molar-refractivity contribution in [2.24, 2.45) is 0 Å². The molecule has 0 radical (unpaired) electrons. The molecule has 2 aliphatic rings. The zero-order valence-corrected chi connectivity index (χ0v) is 10.5. The van der Waals surface area contributed by atoms with Gasteiger partial charge in [-0.1, -0.05) is 6.07 Å². The largest absolute Gasteiger partial charge is 0.488 e. The van der Waals surface area contributed by atoms with Gasteiger partial charge in [0.05, 0.1) is 6.54 Å². The van der Waals surface area contributed by atoms with E-state index < -0.39 is 6.09 Å². The van der Waals surface area contributed by atoms with Crippen molar-refractivity contribution in [1.82, 2.24) is 5.32 Å². The van der Waals surface area contributed by atoms with E-state index in [-0.39, 0.29) is 6.10 Å². The second-order valence-corrected chi connectivity index (χ2v) is 5.12. The summed E-state index contributed by atoms with van der Waals surface area (Å²) in [5, 5.41) is 11.0. The number of hydrogen-bond acceptors (Lipinski definition) is 2. The molecule has 0 spiro atoms. The summed E-state index contributed by atoms with van der Waals surface area (Å²) in [7, 11) is 0. The van der Waals surface area contributed by atoms with Crippen LogP contribution in [0.1, 0.15) is 28.7 Å². The molecule has 4 nitrogen and oxygen atoms in total. The van der Waals surface area contributed by atoms with Crippen molar-refractivity contribution in [3.05, 3.63) is 28.3 Å². The fourth-order valence-corrected chi connectivity index (χ4v) is 3.10. The van der Waals surface area contributed by atoms with Crippen LogP contribution in [0, 0.1) is 6.92 Å². The van der Waals surface area contributed by atoms with Gasteiger partial charge >= 0.3 is 6.09 Å². The minimum Gasteiger partial charge on any atom is -0.488 e. The predicted octanol–water partition coefficient (Wildman–Crippen LogP) is 2.05. The minimum atomic E-state index is -0.990. The summed E-state index contributed by atoms with van der Waals surface area (Å²) in [5.41, 5.74) is 5.41. The Bertz CT molecular complexity index is 510. The van der Waals surface area contributed by atoms with E-state index in [9.17, 15) is 4.79 Å². The molecule has 2 N–H and O–H groups in total. The van der Waals surface area contributed by atoms with E-state index in [0.717, 1.165) is 25.0 Å². The van der Waals surface area contributed by atoms with Gasteiger partial charge in [0, 0.05) is 6.42 Å². The highest BCUT2D eigenvalue weighted by atomic mass is 16.5. The Labute approximate surface area is 106 Å². The van der Waals surface area contributed by atoms with Crippen LogP contribution in [0.25, 0.3) is 0 Å². The Morgan fingerprint density at radius 1 is 1.50 bits per heavy atom. The molecule has 0 saturated carbocycles. The first kappa shape index (κ1) is 11.4. The SMILES string of the molecule is Cc1cc2c(c3c1CCC3)OC(CNC(=O)O)C2. The lowest BCUT2D eigenvalue weighted by molar-refractivity contribution is 0.180. The molecular weight excluding hydrogens is 230 g/mol. The molecule has 3 rings (SSSR count). The zero-order chi connectivity index (χ0) is 12.7. The average molecular weight is 247 g/mol. The number of fused-ring (bicyclic) bond motifs is 3. The Balaban J connectivity index is 1.83. The van der Waals surface area contributed by atoms with Crippen LogP contribution in [0.15, 0.2) is 6.07 Å². The molecule has 1 aromatic carbocycles. The lowest BCUT2D eigenvalue weighted by Gasteiger charge is -2.12. The van der Waals surface area contributed by atoms with Gasteiger partial charge in [0.15, 0.2) is 0 Å². The molecule has 1 aliphatic carbocycles. The van der Waals surface area contributed by atoms with E-state index in [4.69, 9.17) is 9.84 Å². The molecular formula is C14H17NO3. The van der Waals surface area contributed by atoms with Crippen LogP contribution in [-0.4, -0.2) is 23.8 Å². The molecule has 0 saturated heterocycles. The molecule has 1 amide bonds. The Kier molecular flexibility index (Phi) is 2.65. The van der Waals surface area contributed by atoms with Gasteiger partial charge in [0.25, 0.3) is 0 Å². The molecule has 1 aliphatic heterocycles. The quantitative estimate of drug-likeness (QED) is 0.841. The van der Waals surface area contributed by atoms with Crippen LogP contribution in [0.5, 0.6) is 5.75 Å². The summed E-state index contributed by atoms with van der Waals surface area (Å²) < 4.78 is 5.93. The van der Waals surface area contributed by atoms with Crippen molar-refractivity contribution >= 4 is 6.09 Å². The summed E-state index contributed by atoms with van der Waals surface area (Å²) in [6.45, 7) is 2.52. The lowest BCUT2D eigenvalue weighted by atomic mass is 9.98. The number of aryl methyl sites for hydroxylation is 1. The second kappa shape index (κ2) is 4.19. The molecule has 96 valence electrons. The molecule has 0 aromatic heterocycles. The summed E-state index contributed by atoms with van der Waals surface area (Å²) in [6, 6.07) is 2.21. The number of carboxylic acid groups (broad SMARTS) is 1. The topological polar surface area (TPSA) is 58.6 Å². The third kappa shape index (κ3) is 1.82. The average Bonchev–Trinajstić information content (AvgIpc) is 2.91. The second-order valence-electron chi connectivity index (χ2n) is 5.12. The van der Waals surface area contributed by atoms with Gasteiger partial charge in [0.2, 0.25) is 0 Å². The van der Waals surface area contributed by atoms with Crippen molar-refractivity contribution in [2.45, 2.75) is 38.7 Å². The number of benzene rings is 1. The molecule has 1 unspecified atom stereocenters. The van der Waals surface area contributed by atoms with Gasteiger partial charge in [-0.15, -0.1) is 0 Å². The number of ether oxygens (including phenoxy) is 1.